The van der Waals surface area contributed by atoms with Gasteiger partial charge >= 0.3 is 0 Å². The first-order valence-corrected chi connectivity index (χ1v) is 4.87. The Morgan fingerprint density at radius 2 is 1.46 bits per heavy atom. The standard InChI is InChI=1S/C10H9Cl2N/c11-8-5-9(12)7-10(6-8)13-3-1-2-4-13/h1-2,5-7H,3-4H2. The molecule has 0 bridgehead atoms. The number of hydrogen-bond acceptors (Lipinski definition) is 1. The summed E-state index contributed by atoms with van der Waals surface area (Å²) < 4.78 is 0. The fourth-order valence-electron chi connectivity index (χ4n) is 1.41. The molecular weight excluding hydrogens is 205 g/mol. The third-order valence-corrected chi connectivity index (χ3v) is 2.47. The van der Waals surface area contributed by atoms with E-state index >= 15 is 0 Å². The molecule has 1 aliphatic heterocycles. The lowest BCUT2D eigenvalue weighted by Crippen LogP contribution is -2.18. The maximum absolute atomic E-state index is 5.90. The van der Waals surface area contributed by atoms with Gasteiger partial charge in [-0.05, 0) is 18.2 Å². The van der Waals surface area contributed by atoms with Gasteiger partial charge in [0.25, 0.3) is 0 Å². The Balaban J connectivity index is 2.29. The van der Waals surface area contributed by atoms with Crippen molar-refractivity contribution in [1.82, 2.24) is 0 Å². The molecule has 68 valence electrons. The topological polar surface area (TPSA) is 3.24 Å². The van der Waals surface area contributed by atoms with Crippen LogP contribution in [-0.4, -0.2) is 13.1 Å². The zero-order valence-corrected chi connectivity index (χ0v) is 8.52. The van der Waals surface area contributed by atoms with Crippen LogP contribution < -0.4 is 4.90 Å². The Labute approximate surface area is 87.6 Å². The van der Waals surface area contributed by atoms with E-state index in [0.717, 1.165) is 18.8 Å². The zero-order chi connectivity index (χ0) is 9.26. The summed E-state index contributed by atoms with van der Waals surface area (Å²) in [5.74, 6) is 0. The first kappa shape index (κ1) is 8.92. The summed E-state index contributed by atoms with van der Waals surface area (Å²) in [7, 11) is 0. The van der Waals surface area contributed by atoms with Crippen molar-refractivity contribution in [1.29, 1.82) is 0 Å². The van der Waals surface area contributed by atoms with E-state index in [2.05, 4.69) is 17.1 Å². The summed E-state index contributed by atoms with van der Waals surface area (Å²) in [6.45, 7) is 1.88. The summed E-state index contributed by atoms with van der Waals surface area (Å²) in [4.78, 5) is 2.21. The van der Waals surface area contributed by atoms with Gasteiger partial charge in [0.1, 0.15) is 0 Å². The molecular formula is C10H9Cl2N. The van der Waals surface area contributed by atoms with Crippen molar-refractivity contribution in [3.8, 4) is 0 Å². The third-order valence-electron chi connectivity index (χ3n) is 2.03. The SMILES string of the molecule is Clc1cc(Cl)cc(N2CC=CC2)c1. The highest BCUT2D eigenvalue weighted by Crippen LogP contribution is 2.26. The molecule has 0 saturated heterocycles. The third kappa shape index (κ3) is 1.98. The second-order valence-corrected chi connectivity index (χ2v) is 3.88. The van der Waals surface area contributed by atoms with E-state index in [-0.39, 0.29) is 0 Å². The lowest BCUT2D eigenvalue weighted by Gasteiger charge is -2.17. The number of anilines is 1. The molecule has 0 amide bonds. The molecule has 0 saturated carbocycles. The highest BCUT2D eigenvalue weighted by molar-refractivity contribution is 6.35. The van der Waals surface area contributed by atoms with Crippen LogP contribution in [-0.2, 0) is 0 Å². The molecule has 0 N–H and O–H groups in total. The van der Waals surface area contributed by atoms with Crippen molar-refractivity contribution >= 4 is 28.9 Å². The molecule has 0 aliphatic carbocycles. The lowest BCUT2D eigenvalue weighted by atomic mass is 10.3. The maximum atomic E-state index is 5.90. The maximum Gasteiger partial charge on any atom is 0.0441 e. The van der Waals surface area contributed by atoms with E-state index in [1.807, 2.05) is 12.1 Å². The summed E-state index contributed by atoms with van der Waals surface area (Å²) in [6.07, 6.45) is 4.27. The second kappa shape index (κ2) is 3.60. The van der Waals surface area contributed by atoms with Gasteiger partial charge in [0.15, 0.2) is 0 Å². The highest BCUT2D eigenvalue weighted by atomic mass is 35.5. The van der Waals surface area contributed by atoms with Gasteiger partial charge in [-0.2, -0.15) is 0 Å². The van der Waals surface area contributed by atoms with Gasteiger partial charge in [0.05, 0.1) is 0 Å². The van der Waals surface area contributed by atoms with E-state index in [4.69, 9.17) is 23.2 Å². The Bertz CT molecular complexity index is 319. The molecule has 0 atom stereocenters. The molecule has 1 heterocycles. The van der Waals surface area contributed by atoms with E-state index < -0.39 is 0 Å². The highest BCUT2D eigenvalue weighted by Gasteiger charge is 2.08. The molecule has 13 heavy (non-hydrogen) atoms. The predicted molar refractivity (Wildman–Crippen MR) is 57.8 cm³/mol. The van der Waals surface area contributed by atoms with Crippen molar-refractivity contribution in [2.24, 2.45) is 0 Å². The summed E-state index contributed by atoms with van der Waals surface area (Å²) >= 11 is 11.8. The number of rotatable bonds is 1. The molecule has 1 nitrogen and oxygen atoms in total. The van der Waals surface area contributed by atoms with Crippen LogP contribution in [0.4, 0.5) is 5.69 Å². The van der Waals surface area contributed by atoms with Crippen LogP contribution in [0, 0.1) is 0 Å². The largest absolute Gasteiger partial charge is 0.364 e. The molecule has 0 radical (unpaired) electrons. The molecule has 0 unspecified atom stereocenters. The Morgan fingerprint density at radius 1 is 0.923 bits per heavy atom. The fourth-order valence-corrected chi connectivity index (χ4v) is 1.93. The van der Waals surface area contributed by atoms with Gasteiger partial charge in [-0.1, -0.05) is 35.4 Å². The quantitative estimate of drug-likeness (QED) is 0.648. The van der Waals surface area contributed by atoms with Crippen molar-refractivity contribution < 1.29 is 0 Å². The first-order valence-electron chi connectivity index (χ1n) is 4.12. The van der Waals surface area contributed by atoms with Crippen LogP contribution in [0.25, 0.3) is 0 Å². The Kier molecular flexibility index (Phi) is 2.47. The van der Waals surface area contributed by atoms with Gasteiger partial charge in [0, 0.05) is 28.8 Å². The normalized spacial score (nSPS) is 15.4. The van der Waals surface area contributed by atoms with Crippen molar-refractivity contribution in [3.05, 3.63) is 40.4 Å². The van der Waals surface area contributed by atoms with Crippen molar-refractivity contribution in [2.75, 3.05) is 18.0 Å². The molecule has 1 aromatic carbocycles. The Hall–Kier alpha value is -0.660. The number of halogens is 2. The minimum Gasteiger partial charge on any atom is -0.364 e. The molecule has 1 aromatic rings. The number of hydrogen-bond donors (Lipinski definition) is 0. The molecule has 2 rings (SSSR count). The van der Waals surface area contributed by atoms with Gasteiger partial charge in [-0.3, -0.25) is 0 Å². The van der Waals surface area contributed by atoms with E-state index in [0.29, 0.717) is 10.0 Å². The predicted octanol–water partition coefficient (Wildman–Crippen LogP) is 3.37. The molecule has 3 heteroatoms. The van der Waals surface area contributed by atoms with E-state index in [1.165, 1.54) is 0 Å². The minimum absolute atomic E-state index is 0.689. The Morgan fingerprint density at radius 3 is 2.00 bits per heavy atom. The molecule has 1 aliphatic rings. The van der Waals surface area contributed by atoms with Crippen LogP contribution in [0.2, 0.25) is 10.0 Å². The second-order valence-electron chi connectivity index (χ2n) is 3.00. The fraction of sp³-hybridized carbons (Fsp3) is 0.200. The molecule has 0 fully saturated rings. The van der Waals surface area contributed by atoms with Crippen LogP contribution in [0.15, 0.2) is 30.4 Å². The van der Waals surface area contributed by atoms with Crippen LogP contribution >= 0.6 is 23.2 Å². The summed E-state index contributed by atoms with van der Waals surface area (Å²) in [6, 6.07) is 5.61. The lowest BCUT2D eigenvalue weighted by molar-refractivity contribution is 1.01. The summed E-state index contributed by atoms with van der Waals surface area (Å²) in [5.41, 5.74) is 1.09. The van der Waals surface area contributed by atoms with E-state index in [9.17, 15) is 0 Å². The van der Waals surface area contributed by atoms with Crippen molar-refractivity contribution in [2.45, 2.75) is 0 Å². The van der Waals surface area contributed by atoms with Crippen LogP contribution in [0.3, 0.4) is 0 Å². The first-order chi connectivity index (χ1) is 6.25. The molecule has 0 aromatic heterocycles. The van der Waals surface area contributed by atoms with Gasteiger partial charge in [-0.15, -0.1) is 0 Å². The minimum atomic E-state index is 0.689. The zero-order valence-electron chi connectivity index (χ0n) is 7.00. The van der Waals surface area contributed by atoms with Gasteiger partial charge in [-0.25, -0.2) is 0 Å². The summed E-state index contributed by atoms with van der Waals surface area (Å²) in [5, 5.41) is 1.38. The van der Waals surface area contributed by atoms with Gasteiger partial charge in [0.2, 0.25) is 0 Å². The van der Waals surface area contributed by atoms with E-state index in [1.54, 1.807) is 6.07 Å². The smallest absolute Gasteiger partial charge is 0.0441 e. The average Bonchev–Trinajstić information content (AvgIpc) is 2.53. The van der Waals surface area contributed by atoms with Crippen molar-refractivity contribution in [3.63, 3.8) is 0 Å². The monoisotopic (exact) mass is 213 g/mol. The van der Waals surface area contributed by atoms with Gasteiger partial charge < -0.3 is 4.90 Å². The average molecular weight is 214 g/mol. The molecule has 0 spiro atoms. The van der Waals surface area contributed by atoms with Crippen LogP contribution in [0.1, 0.15) is 0 Å². The van der Waals surface area contributed by atoms with Crippen LogP contribution in [0.5, 0.6) is 0 Å². The number of nitrogens with zero attached hydrogens (tertiary/aromatic N) is 1. The number of benzene rings is 1.